The second kappa shape index (κ2) is 20.3. The standard InChI is InChI=1S/C74H65N4O.Pt/c1-48-41-52(31-36-58(48)51-29-33-54(34-30-51)72(3,4)5)59-24-18-25-60(53-32-38-64-65(43-53)74(8,9)40-39-73(64,6)7)71(59)77-47-76(67-27-15-16-28-68(67)77)55-21-17-22-56(44-55)79-57-35-37-62-61-23-13-14-26-66(61)78(69(62)45-57)70-42-49(2)63(46-75-70)50-19-11-10-12-20-50;/h10-38,41-43,46-47H,39-40H2,1-9H3;/q-3;/i1D3,2D3;. The summed E-state index contributed by atoms with van der Waals surface area (Å²) >= 11 is 0. The molecule has 400 valence electrons. The zero-order valence-electron chi connectivity index (χ0n) is 52.1. The molecule has 0 unspecified atom stereocenters. The maximum Gasteiger partial charge on any atom is 0.135 e. The molecule has 2 aromatic heterocycles. The van der Waals surface area contributed by atoms with Crippen molar-refractivity contribution in [1.82, 2.24) is 9.55 Å². The van der Waals surface area contributed by atoms with Crippen molar-refractivity contribution in [1.29, 1.82) is 0 Å². The molecule has 1 aliphatic heterocycles. The van der Waals surface area contributed by atoms with Crippen LogP contribution in [0.15, 0.2) is 200 Å². The van der Waals surface area contributed by atoms with Crippen LogP contribution in [-0.2, 0) is 37.3 Å². The summed E-state index contributed by atoms with van der Waals surface area (Å²) in [4.78, 5) is 9.27. The third-order valence-corrected chi connectivity index (χ3v) is 16.5. The Kier molecular flexibility index (Phi) is 11.6. The van der Waals surface area contributed by atoms with Gasteiger partial charge in [-0.2, -0.15) is 12.1 Å². The molecular formula is C74H65N4OPt-3. The Labute approximate surface area is 495 Å². The van der Waals surface area contributed by atoms with Crippen molar-refractivity contribution in [3.8, 4) is 61.8 Å². The zero-order chi connectivity index (χ0) is 59.4. The van der Waals surface area contributed by atoms with Crippen LogP contribution in [-0.4, -0.2) is 9.55 Å². The molecule has 5 nitrogen and oxygen atoms in total. The van der Waals surface area contributed by atoms with E-state index >= 15 is 0 Å². The molecule has 3 heterocycles. The van der Waals surface area contributed by atoms with Crippen LogP contribution in [0.2, 0.25) is 0 Å². The van der Waals surface area contributed by atoms with Crippen LogP contribution >= 0.6 is 0 Å². The van der Waals surface area contributed by atoms with E-state index < -0.39 is 13.7 Å². The Bertz CT molecular complexity index is 4400. The quantitative estimate of drug-likeness (QED) is 0.135. The van der Waals surface area contributed by atoms with E-state index in [9.17, 15) is 0 Å². The van der Waals surface area contributed by atoms with Crippen LogP contribution in [0.3, 0.4) is 0 Å². The van der Waals surface area contributed by atoms with Crippen molar-refractivity contribution in [2.45, 2.75) is 91.3 Å². The van der Waals surface area contributed by atoms with Crippen molar-refractivity contribution < 1.29 is 34.0 Å². The second-order valence-corrected chi connectivity index (χ2v) is 23.6. The fourth-order valence-electron chi connectivity index (χ4n) is 12.0. The largest absolute Gasteiger partial charge is 0.509 e. The van der Waals surface area contributed by atoms with Gasteiger partial charge in [0.05, 0.1) is 0 Å². The van der Waals surface area contributed by atoms with E-state index in [-0.39, 0.29) is 48.4 Å². The first-order valence-corrected chi connectivity index (χ1v) is 27.3. The number of hydrogen-bond acceptors (Lipinski definition) is 4. The minimum atomic E-state index is -2.41. The number of para-hydroxylation sites is 4. The average molecular weight is 1230 g/mol. The van der Waals surface area contributed by atoms with E-state index in [1.807, 2.05) is 126 Å². The molecule has 0 amide bonds. The number of benzene rings is 9. The number of nitrogens with zero attached hydrogens (tertiary/aromatic N) is 4. The SMILES string of the molecule is [2H]C([2H])([2H])c1cc(-c2cccc(-c3ccc4c(c3)C(C)(C)CCC4(C)C)c2N2[CH-]N(c3[c-]c(Oc4[c-]c5c(cc4)c4ccccc4n5-c4cc(C([2H])([2H])[2H])c(-c5ccccc5)cn4)ccc3)c3ccccc32)ccc1-c1ccc(C(C)(C)C)cc1.[Pt]. The molecule has 0 spiro atoms. The molecule has 0 N–H and O–H groups in total. The number of aromatic nitrogens is 2. The van der Waals surface area contributed by atoms with Crippen molar-refractivity contribution >= 4 is 44.6 Å². The maximum atomic E-state index is 8.96. The van der Waals surface area contributed by atoms with Crippen LogP contribution in [0.4, 0.5) is 22.7 Å². The van der Waals surface area contributed by atoms with Crippen LogP contribution in [0.1, 0.15) is 97.3 Å². The van der Waals surface area contributed by atoms with Crippen LogP contribution in [0.25, 0.3) is 72.1 Å². The summed E-state index contributed by atoms with van der Waals surface area (Å²) in [5, 5.41) is 1.87. The minimum absolute atomic E-state index is 0. The molecule has 0 saturated heterocycles. The Hall–Kier alpha value is -7.98. The number of anilines is 4. The zero-order valence-corrected chi connectivity index (χ0v) is 48.3. The van der Waals surface area contributed by atoms with E-state index in [1.54, 1.807) is 12.3 Å². The number of aryl methyl sites for hydroxylation is 2. The Morgan fingerprint density at radius 2 is 1.16 bits per heavy atom. The molecule has 6 heteroatoms. The molecule has 0 saturated carbocycles. The third kappa shape index (κ3) is 9.34. The molecule has 0 atom stereocenters. The minimum Gasteiger partial charge on any atom is -0.509 e. The predicted molar refractivity (Wildman–Crippen MR) is 329 cm³/mol. The number of fused-ring (bicyclic) bond motifs is 5. The molecule has 2 aliphatic rings. The summed E-state index contributed by atoms with van der Waals surface area (Å²) in [5.74, 6) is 1.35. The first kappa shape index (κ1) is 45.8. The van der Waals surface area contributed by atoms with Gasteiger partial charge in [0.15, 0.2) is 0 Å². The van der Waals surface area contributed by atoms with Crippen LogP contribution in [0.5, 0.6) is 11.5 Å². The Morgan fingerprint density at radius 1 is 0.537 bits per heavy atom. The Balaban J connectivity index is 0.00000724. The smallest absolute Gasteiger partial charge is 0.135 e. The number of ether oxygens (including phenoxy) is 1. The van der Waals surface area contributed by atoms with E-state index in [4.69, 9.17) is 17.9 Å². The van der Waals surface area contributed by atoms with Crippen molar-refractivity contribution in [2.24, 2.45) is 0 Å². The van der Waals surface area contributed by atoms with Gasteiger partial charge in [0.25, 0.3) is 0 Å². The van der Waals surface area contributed by atoms with Crippen LogP contribution in [0, 0.1) is 32.5 Å². The summed E-state index contributed by atoms with van der Waals surface area (Å²) in [5.41, 5.74) is 15.9. The van der Waals surface area contributed by atoms with Crippen molar-refractivity contribution in [3.63, 3.8) is 0 Å². The third-order valence-electron chi connectivity index (χ3n) is 16.5. The monoisotopic (exact) mass is 1230 g/mol. The van der Waals surface area contributed by atoms with Gasteiger partial charge in [0.2, 0.25) is 0 Å². The molecule has 13 rings (SSSR count). The van der Waals surface area contributed by atoms with Gasteiger partial charge in [-0.05, 0) is 128 Å². The van der Waals surface area contributed by atoms with Crippen molar-refractivity contribution in [2.75, 3.05) is 9.80 Å². The molecule has 0 bridgehead atoms. The first-order chi connectivity index (χ1) is 40.5. The molecule has 1 aliphatic carbocycles. The van der Waals surface area contributed by atoms with Gasteiger partial charge in [-0.3, -0.25) is 0 Å². The van der Waals surface area contributed by atoms with Gasteiger partial charge in [-0.1, -0.05) is 194 Å². The maximum absolute atomic E-state index is 8.96. The summed E-state index contributed by atoms with van der Waals surface area (Å²) in [6.07, 6.45) is 3.83. The van der Waals surface area contributed by atoms with Crippen LogP contribution < -0.4 is 14.5 Å². The second-order valence-electron chi connectivity index (χ2n) is 23.6. The Morgan fingerprint density at radius 3 is 1.91 bits per heavy atom. The molecule has 80 heavy (non-hydrogen) atoms. The summed E-state index contributed by atoms with van der Waals surface area (Å²) < 4.78 is 61.4. The van der Waals surface area contributed by atoms with Gasteiger partial charge >= 0.3 is 0 Å². The fraction of sp³-hybridized carbons (Fsp3) is 0.189. The molecular weight excluding hydrogens is 1160 g/mol. The number of hydrogen-bond donors (Lipinski definition) is 0. The fourth-order valence-corrected chi connectivity index (χ4v) is 12.0. The molecule has 11 aromatic rings. The van der Waals surface area contributed by atoms with E-state index in [0.717, 1.165) is 85.3 Å². The van der Waals surface area contributed by atoms with Gasteiger partial charge in [-0.15, -0.1) is 48.1 Å². The molecule has 0 radical (unpaired) electrons. The first-order valence-electron chi connectivity index (χ1n) is 30.3. The average Bonchev–Trinajstić information content (AvgIpc) is 1.62. The normalized spacial score (nSPS) is 15.9. The van der Waals surface area contributed by atoms with Gasteiger partial charge in [0.1, 0.15) is 5.82 Å². The summed E-state index contributed by atoms with van der Waals surface area (Å²) in [6.45, 7) is 13.2. The van der Waals surface area contributed by atoms with Gasteiger partial charge in [0, 0.05) is 86.3 Å². The summed E-state index contributed by atoms with van der Waals surface area (Å²) in [7, 11) is 0. The van der Waals surface area contributed by atoms with E-state index in [2.05, 4.69) is 144 Å². The van der Waals surface area contributed by atoms with E-state index in [1.165, 1.54) is 16.7 Å². The van der Waals surface area contributed by atoms with Gasteiger partial charge < -0.3 is 19.1 Å². The van der Waals surface area contributed by atoms with Crippen molar-refractivity contribution in [3.05, 3.63) is 247 Å². The predicted octanol–water partition coefficient (Wildman–Crippen LogP) is 19.9. The van der Waals surface area contributed by atoms with E-state index in [0.29, 0.717) is 34.0 Å². The number of rotatable bonds is 9. The molecule has 9 aromatic carbocycles. The number of pyridine rings is 1. The molecule has 0 fully saturated rings. The topological polar surface area (TPSA) is 33.5 Å². The summed E-state index contributed by atoms with van der Waals surface area (Å²) in [6, 6.07) is 71.9. The van der Waals surface area contributed by atoms with Gasteiger partial charge in [-0.25, -0.2) is 4.98 Å².